The first-order valence-corrected chi connectivity index (χ1v) is 8.56. The number of nitrogens with zero attached hydrogens (tertiary/aromatic N) is 1. The van der Waals surface area contributed by atoms with Crippen LogP contribution in [-0.2, 0) is 5.54 Å². The fourth-order valence-corrected chi connectivity index (χ4v) is 3.09. The Bertz CT molecular complexity index is 960. The van der Waals surface area contributed by atoms with Crippen molar-refractivity contribution in [2.75, 3.05) is 0 Å². The van der Waals surface area contributed by atoms with E-state index in [1.165, 1.54) is 25.1 Å². The highest BCUT2D eigenvalue weighted by atomic mass is 35.5. The zero-order valence-corrected chi connectivity index (χ0v) is 16.0. The molecule has 158 valence electrons. The molecule has 1 amide bonds. The van der Waals surface area contributed by atoms with Gasteiger partial charge >= 0.3 is 0 Å². The van der Waals surface area contributed by atoms with E-state index in [4.69, 9.17) is 0 Å². The summed E-state index contributed by atoms with van der Waals surface area (Å²) in [5, 5.41) is 2.44. The predicted octanol–water partition coefficient (Wildman–Crippen LogP) is 4.59. The van der Waals surface area contributed by atoms with Crippen LogP contribution < -0.4 is 10.9 Å². The Morgan fingerprint density at radius 1 is 1.10 bits per heavy atom. The third kappa shape index (κ3) is 4.29. The zero-order valence-electron chi connectivity index (χ0n) is 15.2. The highest BCUT2D eigenvalue weighted by Crippen LogP contribution is 2.47. The molecule has 4 nitrogen and oxygen atoms in total. The van der Waals surface area contributed by atoms with Crippen molar-refractivity contribution in [1.29, 1.82) is 0 Å². The molecule has 1 aromatic carbocycles. The van der Waals surface area contributed by atoms with Crippen LogP contribution >= 0.6 is 12.4 Å². The molecule has 1 saturated carbocycles. The van der Waals surface area contributed by atoms with Gasteiger partial charge in [0.2, 0.25) is 0 Å². The lowest BCUT2D eigenvalue weighted by atomic mass is 10.0. The highest BCUT2D eigenvalue weighted by Gasteiger charge is 2.53. The number of hydrogen-bond acceptors (Lipinski definition) is 2. The second kappa shape index (κ2) is 8.52. The number of carbonyl (C=O) groups is 1. The fourth-order valence-electron chi connectivity index (χ4n) is 3.09. The Morgan fingerprint density at radius 2 is 1.72 bits per heavy atom. The summed E-state index contributed by atoms with van der Waals surface area (Å²) >= 11 is 0. The number of halogens is 6. The van der Waals surface area contributed by atoms with Gasteiger partial charge in [-0.25, -0.2) is 22.0 Å². The number of rotatable bonds is 6. The number of nitrogens with one attached hydrogen (secondary N) is 1. The van der Waals surface area contributed by atoms with E-state index in [9.17, 15) is 31.5 Å². The molecule has 1 heterocycles. The molecule has 10 heteroatoms. The van der Waals surface area contributed by atoms with Gasteiger partial charge in [-0.3, -0.25) is 9.59 Å². The van der Waals surface area contributed by atoms with Crippen LogP contribution in [-0.4, -0.2) is 16.9 Å². The summed E-state index contributed by atoms with van der Waals surface area (Å²) in [5.74, 6) is -1.86. The van der Waals surface area contributed by atoms with Crippen LogP contribution in [0.25, 0.3) is 0 Å². The normalized spacial score (nSPS) is 15.7. The Hall–Kier alpha value is -2.42. The summed E-state index contributed by atoms with van der Waals surface area (Å²) in [6.07, 6.45) is -4.46. The minimum absolute atomic E-state index is 0. The van der Waals surface area contributed by atoms with Crippen molar-refractivity contribution in [2.24, 2.45) is 0 Å². The lowest BCUT2D eigenvalue weighted by Gasteiger charge is -2.20. The van der Waals surface area contributed by atoms with Gasteiger partial charge in [-0.05, 0) is 25.8 Å². The van der Waals surface area contributed by atoms with Crippen molar-refractivity contribution in [3.8, 4) is 0 Å². The van der Waals surface area contributed by atoms with E-state index in [0.717, 1.165) is 22.9 Å². The van der Waals surface area contributed by atoms with E-state index in [1.54, 1.807) is 0 Å². The second-order valence-corrected chi connectivity index (χ2v) is 6.78. The monoisotopic (exact) mass is 436 g/mol. The van der Waals surface area contributed by atoms with Crippen molar-refractivity contribution in [2.45, 2.75) is 44.2 Å². The summed E-state index contributed by atoms with van der Waals surface area (Å²) < 4.78 is 67.4. The van der Waals surface area contributed by atoms with Gasteiger partial charge < -0.3 is 9.88 Å². The van der Waals surface area contributed by atoms with Crippen LogP contribution in [0.4, 0.5) is 22.0 Å². The molecule has 3 rings (SSSR count). The van der Waals surface area contributed by atoms with Crippen molar-refractivity contribution >= 4 is 18.3 Å². The van der Waals surface area contributed by atoms with E-state index in [2.05, 4.69) is 5.32 Å². The van der Waals surface area contributed by atoms with Gasteiger partial charge in [0.15, 0.2) is 0 Å². The molecule has 1 N–H and O–H groups in total. The van der Waals surface area contributed by atoms with E-state index in [0.29, 0.717) is 0 Å². The number of hydrogen-bond donors (Lipinski definition) is 1. The lowest BCUT2D eigenvalue weighted by Crippen LogP contribution is -2.36. The molecular formula is C19H18ClF5N2O2. The molecule has 0 unspecified atom stereocenters. The molecule has 0 spiro atoms. The lowest BCUT2D eigenvalue weighted by molar-refractivity contribution is 0.0648. The van der Waals surface area contributed by atoms with Crippen LogP contribution in [0, 0.1) is 5.82 Å². The smallest absolute Gasteiger partial charge is 0.266 e. The second-order valence-electron chi connectivity index (χ2n) is 6.78. The van der Waals surface area contributed by atoms with Crippen molar-refractivity contribution in [1.82, 2.24) is 9.88 Å². The Morgan fingerprint density at radius 3 is 2.28 bits per heavy atom. The van der Waals surface area contributed by atoms with Gasteiger partial charge in [-0.1, -0.05) is 18.2 Å². The van der Waals surface area contributed by atoms with Crippen LogP contribution in [0.5, 0.6) is 0 Å². The first-order chi connectivity index (χ1) is 13.2. The highest BCUT2D eigenvalue weighted by molar-refractivity contribution is 5.94. The molecule has 1 aliphatic rings. The maximum absolute atomic E-state index is 14.2. The summed E-state index contributed by atoms with van der Waals surface area (Å²) in [5.41, 5.74) is -3.23. The van der Waals surface area contributed by atoms with Gasteiger partial charge in [-0.2, -0.15) is 0 Å². The Labute approximate surface area is 169 Å². The van der Waals surface area contributed by atoms with Gasteiger partial charge in [-0.15, -0.1) is 12.4 Å². The number of alkyl halides is 4. The molecule has 1 atom stereocenters. The molecule has 1 fully saturated rings. The summed E-state index contributed by atoms with van der Waals surface area (Å²) in [6, 6.07) is 4.70. The number of benzene rings is 1. The first-order valence-electron chi connectivity index (χ1n) is 8.56. The average Bonchev–Trinajstić information content (AvgIpc) is 3.43. The fraction of sp³-hybridized carbons (Fsp3) is 0.368. The number of aromatic nitrogens is 1. The molecule has 0 radical (unpaired) electrons. The van der Waals surface area contributed by atoms with Gasteiger partial charge in [0, 0.05) is 17.8 Å². The number of amides is 1. The first kappa shape index (κ1) is 22.9. The van der Waals surface area contributed by atoms with Crippen molar-refractivity contribution < 1.29 is 26.7 Å². The number of pyridine rings is 1. The Kier molecular flexibility index (Phi) is 6.72. The molecule has 2 aromatic rings. The third-order valence-electron chi connectivity index (χ3n) is 4.93. The van der Waals surface area contributed by atoms with Crippen LogP contribution in [0.15, 0.2) is 41.3 Å². The molecule has 29 heavy (non-hydrogen) atoms. The number of carbonyl (C=O) groups excluding carboxylic acids is 1. The average molecular weight is 437 g/mol. The topological polar surface area (TPSA) is 51.1 Å². The van der Waals surface area contributed by atoms with Crippen LogP contribution in [0.1, 0.15) is 53.7 Å². The van der Waals surface area contributed by atoms with E-state index in [1.807, 2.05) is 0 Å². The van der Waals surface area contributed by atoms with Gasteiger partial charge in [0.1, 0.15) is 11.4 Å². The van der Waals surface area contributed by atoms with Gasteiger partial charge in [0.05, 0.1) is 17.2 Å². The maximum atomic E-state index is 14.2. The molecular weight excluding hydrogens is 419 g/mol. The predicted molar refractivity (Wildman–Crippen MR) is 98.4 cm³/mol. The maximum Gasteiger partial charge on any atom is 0.266 e. The van der Waals surface area contributed by atoms with Crippen molar-refractivity contribution in [3.05, 3.63) is 69.4 Å². The van der Waals surface area contributed by atoms with E-state index >= 15 is 0 Å². The molecule has 0 bridgehead atoms. The molecule has 1 aliphatic carbocycles. The Balaban J connectivity index is 0.00000300. The summed E-state index contributed by atoms with van der Waals surface area (Å²) in [7, 11) is 0. The summed E-state index contributed by atoms with van der Waals surface area (Å²) in [4.78, 5) is 24.4. The molecule has 0 saturated heterocycles. The zero-order chi connectivity index (χ0) is 20.6. The van der Waals surface area contributed by atoms with Gasteiger partial charge in [0.25, 0.3) is 24.3 Å². The quantitative estimate of drug-likeness (QED) is 0.673. The third-order valence-corrected chi connectivity index (χ3v) is 4.93. The largest absolute Gasteiger partial charge is 0.345 e. The van der Waals surface area contributed by atoms with E-state index in [-0.39, 0.29) is 36.4 Å². The van der Waals surface area contributed by atoms with E-state index < -0.39 is 47.3 Å². The van der Waals surface area contributed by atoms with Crippen LogP contribution in [0.3, 0.4) is 0 Å². The SMILES string of the molecule is C[C@@H](NC(=O)c1ccc(=O)n(C2(C(F)F)CC2)c1)c1cccc(C(F)F)c1F.Cl. The minimum Gasteiger partial charge on any atom is -0.345 e. The molecule has 0 aliphatic heterocycles. The standard InChI is InChI=1S/C19H17F5N2O2.ClH/c1-10(12-3-2-4-13(15(12)20)16(21)22)25-17(28)11-5-6-14(27)26(9-11)19(7-8-19)18(23)24;/h2-6,9-10,16,18H,7-8H2,1H3,(H,25,28);1H/t10-;/m1./s1. The minimum atomic E-state index is -3.00. The van der Waals surface area contributed by atoms with Crippen molar-refractivity contribution in [3.63, 3.8) is 0 Å². The summed E-state index contributed by atoms with van der Waals surface area (Å²) in [6.45, 7) is 1.41. The molecule has 1 aromatic heterocycles. The van der Waals surface area contributed by atoms with Crippen LogP contribution in [0.2, 0.25) is 0 Å².